The van der Waals surface area contributed by atoms with Gasteiger partial charge in [0, 0.05) is 67.2 Å². The van der Waals surface area contributed by atoms with Crippen LogP contribution in [0.25, 0.3) is 10.1 Å². The molecule has 8 rings (SSSR count). The molecule has 5 atom stereocenters. The summed E-state index contributed by atoms with van der Waals surface area (Å²) >= 11 is 0.938. The first kappa shape index (κ1) is 53.6. The van der Waals surface area contributed by atoms with Gasteiger partial charge in [-0.3, -0.25) is 53.1 Å². The van der Waals surface area contributed by atoms with E-state index in [0.717, 1.165) is 46.8 Å². The number of carbonyl (C=O) groups excluding carboxylic acids is 8. The fourth-order valence-electron chi connectivity index (χ4n) is 9.67. The summed E-state index contributed by atoms with van der Waals surface area (Å²) in [5.74, 6) is 1.56. The van der Waals surface area contributed by atoms with E-state index in [-0.39, 0.29) is 72.2 Å². The van der Waals surface area contributed by atoms with Gasteiger partial charge in [0.15, 0.2) is 0 Å². The summed E-state index contributed by atoms with van der Waals surface area (Å²) in [6.07, 6.45) is 1.77. The first-order valence-corrected chi connectivity index (χ1v) is 26.6. The number of nitrogens with one attached hydrogen (secondary N) is 3. The van der Waals surface area contributed by atoms with E-state index < -0.39 is 89.8 Å². The van der Waals surface area contributed by atoms with Gasteiger partial charge in [-0.2, -0.15) is 8.78 Å². The van der Waals surface area contributed by atoms with Crippen molar-refractivity contribution in [1.82, 2.24) is 30.7 Å². The number of amides is 8. The topological polar surface area (TPSA) is 249 Å². The van der Waals surface area contributed by atoms with E-state index in [1.807, 2.05) is 30.3 Å². The summed E-state index contributed by atoms with van der Waals surface area (Å²) in [5, 5.41) is 7.90. The first-order chi connectivity index (χ1) is 35.0. The number of ether oxygens (including phenoxy) is 1. The van der Waals surface area contributed by atoms with E-state index in [1.54, 1.807) is 31.7 Å². The molecule has 0 bridgehead atoms. The van der Waals surface area contributed by atoms with Crippen LogP contribution in [-0.4, -0.2) is 129 Å². The van der Waals surface area contributed by atoms with Gasteiger partial charge in [0.1, 0.15) is 24.7 Å². The summed E-state index contributed by atoms with van der Waals surface area (Å²) < 4.78 is 47.2. The number of likely N-dealkylation sites (tertiary alicyclic amines) is 2. The lowest BCUT2D eigenvalue weighted by atomic mass is 9.85. The summed E-state index contributed by atoms with van der Waals surface area (Å²) in [6, 6.07) is 15.4. The predicted octanol–water partition coefficient (Wildman–Crippen LogP) is 5.01. The van der Waals surface area contributed by atoms with E-state index in [0.29, 0.717) is 36.2 Å². The zero-order valence-corrected chi connectivity index (χ0v) is 42.4. The Morgan fingerprint density at radius 1 is 0.946 bits per heavy atom. The number of fused-ring (bicyclic) bond motifs is 2. The van der Waals surface area contributed by atoms with Gasteiger partial charge in [-0.15, -0.1) is 11.3 Å². The Bertz CT molecular complexity index is 3040. The highest BCUT2D eigenvalue weighted by Gasteiger charge is 2.51. The third kappa shape index (κ3) is 11.5. The number of piperidine rings is 2. The third-order valence-corrected chi connectivity index (χ3v) is 15.7. The van der Waals surface area contributed by atoms with E-state index in [4.69, 9.17) is 4.74 Å². The van der Waals surface area contributed by atoms with Crippen LogP contribution in [0.1, 0.15) is 119 Å². The average molecular weight is 1060 g/mol. The van der Waals surface area contributed by atoms with E-state index in [9.17, 15) is 61.5 Å². The Morgan fingerprint density at radius 2 is 1.69 bits per heavy atom. The molecule has 74 heavy (non-hydrogen) atoms. The van der Waals surface area contributed by atoms with Crippen molar-refractivity contribution in [1.29, 1.82) is 0 Å². The van der Waals surface area contributed by atoms with Crippen LogP contribution in [0, 0.1) is 17.3 Å². The molecule has 0 radical (unpaired) electrons. The number of halogens is 2. The molecule has 3 saturated heterocycles. The highest BCUT2D eigenvalue weighted by atomic mass is 32.1. The van der Waals surface area contributed by atoms with Crippen LogP contribution in [0.4, 0.5) is 8.78 Å². The van der Waals surface area contributed by atoms with E-state index in [1.165, 1.54) is 29.2 Å². The first-order valence-electron chi connectivity index (χ1n) is 24.2. The maximum absolute atomic E-state index is 14.8. The van der Waals surface area contributed by atoms with Gasteiger partial charge in [-0.25, -0.2) is 0 Å². The minimum absolute atomic E-state index is 0.00562. The largest absolute Gasteiger partial charge is 0.399 e. The lowest BCUT2D eigenvalue weighted by Crippen LogP contribution is -2.58. The molecule has 8 amide bonds. The second kappa shape index (κ2) is 21.6. The number of alkyl halides is 2. The standard InChI is InChI=1S/C52H55F2N6O12PS/c1-51(2,3)44(57-46(64)41-25-33-24-34(16-19-40(33)74-41)52(53,54)73(69,70)71)50(68)59-28-35(26-39(59)49(67)58-22-10-14-32(27-58)31-12-7-4-8-13-31)72-29-43(62)55-21-9-5-6-11-30-15-17-36-37(23-30)48(66)60(47(36)65)38-18-20-42(61)56-45(38)63/h4,7-8,12-13,15-17,19,23-25,32,35,38-39,44H,5,9-10,14,18,20-22,26-29H2,1-3H3,(H,55,62)(H,57,64)(H,56,61,63)(H2,69,70,71)/t32-,35-,38?,39-,44+/m0/s1. The molecule has 4 aliphatic rings. The van der Waals surface area contributed by atoms with Crippen molar-refractivity contribution in [3.8, 4) is 11.8 Å². The molecule has 5 N–H and O–H groups in total. The van der Waals surface area contributed by atoms with Crippen LogP contribution in [0.3, 0.4) is 0 Å². The summed E-state index contributed by atoms with van der Waals surface area (Å²) in [4.78, 5) is 129. The van der Waals surface area contributed by atoms with Crippen molar-refractivity contribution >= 4 is 76.3 Å². The van der Waals surface area contributed by atoms with Crippen molar-refractivity contribution in [2.24, 2.45) is 5.41 Å². The molecule has 22 heteroatoms. The number of hydrogen-bond acceptors (Lipinski definition) is 11. The van der Waals surface area contributed by atoms with Gasteiger partial charge >= 0.3 is 13.3 Å². The van der Waals surface area contributed by atoms with Gasteiger partial charge in [0.2, 0.25) is 29.5 Å². The number of carbonyl (C=O) groups is 8. The number of unbranched alkanes of at least 4 members (excludes halogenated alkanes) is 1. The van der Waals surface area contributed by atoms with Crippen molar-refractivity contribution in [2.45, 2.75) is 102 Å². The van der Waals surface area contributed by atoms with E-state index >= 15 is 0 Å². The van der Waals surface area contributed by atoms with Crippen LogP contribution in [-0.2, 0) is 38.9 Å². The van der Waals surface area contributed by atoms with Crippen molar-refractivity contribution in [2.75, 3.05) is 32.8 Å². The number of imide groups is 2. The maximum Gasteiger partial charge on any atom is 0.399 e. The number of hydrogen-bond donors (Lipinski definition) is 5. The molecular weight excluding hydrogens is 1000 g/mol. The molecule has 5 heterocycles. The average Bonchev–Trinajstić information content (AvgIpc) is 4.06. The quantitative estimate of drug-likeness (QED) is 0.0484. The Morgan fingerprint density at radius 3 is 2.41 bits per heavy atom. The maximum atomic E-state index is 14.8. The molecular formula is C52H55F2N6O12PS. The molecule has 1 aromatic heterocycles. The highest BCUT2D eigenvalue weighted by molar-refractivity contribution is 7.52. The lowest BCUT2D eigenvalue weighted by Gasteiger charge is -2.38. The monoisotopic (exact) mass is 1060 g/mol. The molecule has 4 aromatic rings. The van der Waals surface area contributed by atoms with Crippen LogP contribution in [0.15, 0.2) is 72.8 Å². The van der Waals surface area contributed by atoms with Gasteiger partial charge in [-0.05, 0) is 78.4 Å². The fraction of sp³-hybridized carbons (Fsp3) is 0.423. The van der Waals surface area contributed by atoms with Crippen molar-refractivity contribution < 1.29 is 66.2 Å². The molecule has 1 unspecified atom stereocenters. The Hall–Kier alpha value is -6.69. The Balaban J connectivity index is 0.899. The Kier molecular flexibility index (Phi) is 15.7. The minimum Gasteiger partial charge on any atom is -0.366 e. The van der Waals surface area contributed by atoms with Gasteiger partial charge < -0.3 is 35.0 Å². The molecule has 3 fully saturated rings. The highest BCUT2D eigenvalue weighted by Crippen LogP contribution is 2.59. The van der Waals surface area contributed by atoms with Crippen LogP contribution < -0.4 is 16.0 Å². The van der Waals surface area contributed by atoms with Crippen LogP contribution in [0.5, 0.6) is 0 Å². The second-order valence-corrected chi connectivity index (χ2v) is 22.6. The van der Waals surface area contributed by atoms with E-state index in [2.05, 4.69) is 27.8 Å². The Labute approximate surface area is 428 Å². The fourth-order valence-corrected chi connectivity index (χ4v) is 11.1. The summed E-state index contributed by atoms with van der Waals surface area (Å²) in [6.45, 7) is 5.87. The zero-order chi connectivity index (χ0) is 53.3. The zero-order valence-electron chi connectivity index (χ0n) is 40.7. The number of nitrogens with zero attached hydrogens (tertiary/aromatic N) is 3. The molecule has 390 valence electrons. The molecule has 18 nitrogen and oxygen atoms in total. The molecule has 0 saturated carbocycles. The molecule has 0 aliphatic carbocycles. The lowest BCUT2D eigenvalue weighted by molar-refractivity contribution is -0.147. The van der Waals surface area contributed by atoms with Crippen LogP contribution in [0.2, 0.25) is 0 Å². The normalized spacial score (nSPS) is 20.7. The number of rotatable bonds is 14. The molecule has 3 aromatic carbocycles. The summed E-state index contributed by atoms with van der Waals surface area (Å²) in [7, 11) is -5.86. The third-order valence-electron chi connectivity index (χ3n) is 13.6. The number of benzene rings is 3. The smallest absolute Gasteiger partial charge is 0.366 e. The van der Waals surface area contributed by atoms with Crippen molar-refractivity contribution in [3.63, 3.8) is 0 Å². The molecule has 4 aliphatic heterocycles. The SMILES string of the molecule is CC(C)(C)[C@H](NC(=O)c1cc2cc(C(F)(F)P(=O)(O)O)ccc2s1)C(=O)N1C[C@@H](OCC(=O)NCCCC#Cc2ccc3c(c2)C(=O)N(C2CCC(=O)NC2=O)C3=O)C[C@H]1C(=O)N1CCC[C@H](c2ccccc2)C1. The van der Waals surface area contributed by atoms with Gasteiger partial charge in [0.25, 0.3) is 17.7 Å². The van der Waals surface area contributed by atoms with Gasteiger partial charge in [-0.1, -0.05) is 69.0 Å². The predicted molar refractivity (Wildman–Crippen MR) is 266 cm³/mol. The van der Waals surface area contributed by atoms with Crippen LogP contribution >= 0.6 is 18.9 Å². The van der Waals surface area contributed by atoms with Gasteiger partial charge in [0.05, 0.1) is 22.1 Å². The number of thiophene rings is 1. The minimum atomic E-state index is -5.86. The molecule has 0 spiro atoms. The summed E-state index contributed by atoms with van der Waals surface area (Å²) in [5.41, 5.74) is -4.51. The van der Waals surface area contributed by atoms with Crippen molar-refractivity contribution in [3.05, 3.63) is 105 Å². The second-order valence-electron chi connectivity index (χ2n) is 19.9.